The van der Waals surface area contributed by atoms with Crippen LogP contribution in [0, 0.1) is 0 Å². The molecule has 3 N–H and O–H groups in total. The van der Waals surface area contributed by atoms with Gasteiger partial charge in [0.15, 0.2) is 6.10 Å². The van der Waals surface area contributed by atoms with Crippen molar-refractivity contribution < 1.29 is 19.4 Å². The number of amides is 1. The second kappa shape index (κ2) is 6.40. The third-order valence-corrected chi connectivity index (χ3v) is 2.80. The number of carbonyl (C=O) groups is 1. The Kier molecular flexibility index (Phi) is 4.59. The van der Waals surface area contributed by atoms with Crippen molar-refractivity contribution in [3.05, 3.63) is 24.3 Å². The van der Waals surface area contributed by atoms with Crippen LogP contribution in [0.4, 0.5) is 5.69 Å². The van der Waals surface area contributed by atoms with Crippen LogP contribution >= 0.6 is 0 Å². The Morgan fingerprint density at radius 3 is 3.21 bits per heavy atom. The molecule has 1 aliphatic heterocycles. The predicted molar refractivity (Wildman–Crippen MR) is 70.2 cm³/mol. The van der Waals surface area contributed by atoms with Crippen molar-refractivity contribution >= 4 is 11.6 Å². The van der Waals surface area contributed by atoms with Crippen LogP contribution in [0.2, 0.25) is 0 Å². The molecule has 104 valence electrons. The number of rotatable bonds is 5. The van der Waals surface area contributed by atoms with Gasteiger partial charge in [-0.25, -0.2) is 0 Å². The van der Waals surface area contributed by atoms with E-state index in [4.69, 9.17) is 9.47 Å². The van der Waals surface area contributed by atoms with Crippen molar-refractivity contribution in [2.24, 2.45) is 0 Å². The second-order valence-corrected chi connectivity index (χ2v) is 4.34. The van der Waals surface area contributed by atoms with Crippen LogP contribution < -0.4 is 15.4 Å². The Hall–Kier alpha value is -1.79. The van der Waals surface area contributed by atoms with Crippen LogP contribution in [-0.4, -0.2) is 50.0 Å². The van der Waals surface area contributed by atoms with Gasteiger partial charge >= 0.3 is 0 Å². The van der Waals surface area contributed by atoms with Gasteiger partial charge in [-0.2, -0.15) is 0 Å². The lowest BCUT2D eigenvalue weighted by atomic mass is 10.2. The number of aliphatic hydroxyl groups is 1. The van der Waals surface area contributed by atoms with E-state index >= 15 is 0 Å². The van der Waals surface area contributed by atoms with Crippen LogP contribution in [-0.2, 0) is 9.53 Å². The summed E-state index contributed by atoms with van der Waals surface area (Å²) in [5.41, 5.74) is 0.881. The zero-order valence-corrected chi connectivity index (χ0v) is 10.8. The third kappa shape index (κ3) is 3.59. The summed E-state index contributed by atoms with van der Waals surface area (Å²) in [5.74, 6) is 0.406. The normalized spacial score (nSPS) is 18.7. The van der Waals surface area contributed by atoms with Gasteiger partial charge < -0.3 is 25.2 Å². The first kappa shape index (κ1) is 13.6. The Bertz CT molecular complexity index is 438. The fraction of sp³-hybridized carbons (Fsp3) is 0.462. The van der Waals surface area contributed by atoms with Gasteiger partial charge in [-0.05, 0) is 12.1 Å². The highest BCUT2D eigenvalue weighted by Crippen LogP contribution is 2.28. The molecule has 0 radical (unpaired) electrons. The molecule has 0 spiro atoms. The van der Waals surface area contributed by atoms with Gasteiger partial charge in [0.25, 0.3) is 5.91 Å². The standard InChI is InChI=1S/C13H18N2O4/c1-18-8-9(16)6-15-13(17)12-7-14-10-4-2-3-5-11(10)19-12/h2-5,9,12,14,16H,6-8H2,1H3,(H,15,17). The van der Waals surface area contributed by atoms with Gasteiger partial charge in [0.2, 0.25) is 0 Å². The van der Waals surface area contributed by atoms with E-state index in [1.807, 2.05) is 24.3 Å². The molecule has 1 aromatic rings. The molecule has 0 aliphatic carbocycles. The number of nitrogens with one attached hydrogen (secondary N) is 2. The topological polar surface area (TPSA) is 79.8 Å². The first-order valence-corrected chi connectivity index (χ1v) is 6.15. The molecule has 0 saturated heterocycles. The van der Waals surface area contributed by atoms with E-state index in [1.54, 1.807) is 0 Å². The van der Waals surface area contributed by atoms with Crippen molar-refractivity contribution in [1.82, 2.24) is 5.32 Å². The van der Waals surface area contributed by atoms with E-state index in [0.717, 1.165) is 5.69 Å². The molecule has 2 rings (SSSR count). The molecule has 1 aliphatic rings. The molecule has 1 amide bonds. The number of ether oxygens (including phenoxy) is 2. The number of hydrogen-bond donors (Lipinski definition) is 3. The minimum Gasteiger partial charge on any atom is -0.477 e. The zero-order chi connectivity index (χ0) is 13.7. The quantitative estimate of drug-likeness (QED) is 0.698. The molecule has 2 unspecified atom stereocenters. The van der Waals surface area contributed by atoms with E-state index in [2.05, 4.69) is 10.6 Å². The molecule has 6 heteroatoms. The number of carbonyl (C=O) groups excluding carboxylic acids is 1. The number of benzene rings is 1. The fourth-order valence-electron chi connectivity index (χ4n) is 1.84. The van der Waals surface area contributed by atoms with Crippen molar-refractivity contribution in [3.8, 4) is 5.75 Å². The predicted octanol–water partition coefficient (Wildman–Crippen LogP) is -0.0170. The maximum absolute atomic E-state index is 11.9. The number of hydrogen-bond acceptors (Lipinski definition) is 5. The van der Waals surface area contributed by atoms with Gasteiger partial charge in [0.1, 0.15) is 5.75 Å². The number of para-hydroxylation sites is 2. The molecule has 1 aromatic carbocycles. The first-order chi connectivity index (χ1) is 9.20. The molecule has 1 heterocycles. The SMILES string of the molecule is COCC(O)CNC(=O)C1CNc2ccccc2O1. The summed E-state index contributed by atoms with van der Waals surface area (Å²) in [4.78, 5) is 11.9. The van der Waals surface area contributed by atoms with Gasteiger partial charge in [0, 0.05) is 13.7 Å². The fourth-order valence-corrected chi connectivity index (χ4v) is 1.84. The van der Waals surface area contributed by atoms with Crippen molar-refractivity contribution in [1.29, 1.82) is 0 Å². The summed E-state index contributed by atoms with van der Waals surface area (Å²) in [7, 11) is 1.50. The highest BCUT2D eigenvalue weighted by molar-refractivity contribution is 5.83. The monoisotopic (exact) mass is 266 g/mol. The highest BCUT2D eigenvalue weighted by Gasteiger charge is 2.25. The average Bonchev–Trinajstić information content (AvgIpc) is 2.44. The summed E-state index contributed by atoms with van der Waals surface area (Å²) >= 11 is 0. The Morgan fingerprint density at radius 1 is 1.63 bits per heavy atom. The summed E-state index contributed by atoms with van der Waals surface area (Å²) in [6.45, 7) is 0.740. The van der Waals surface area contributed by atoms with E-state index in [9.17, 15) is 9.90 Å². The highest BCUT2D eigenvalue weighted by atomic mass is 16.5. The third-order valence-electron chi connectivity index (χ3n) is 2.80. The number of anilines is 1. The summed E-state index contributed by atoms with van der Waals surface area (Å²) < 4.78 is 10.4. The molecule has 2 atom stereocenters. The minimum absolute atomic E-state index is 0.147. The van der Waals surface area contributed by atoms with E-state index in [-0.39, 0.29) is 19.1 Å². The molecule has 0 fully saturated rings. The van der Waals surface area contributed by atoms with Crippen molar-refractivity contribution in [2.45, 2.75) is 12.2 Å². The van der Waals surface area contributed by atoms with Gasteiger partial charge in [-0.1, -0.05) is 12.1 Å². The summed E-state index contributed by atoms with van der Waals surface area (Å²) in [5, 5.41) is 15.2. The lowest BCUT2D eigenvalue weighted by Gasteiger charge is -2.26. The van der Waals surface area contributed by atoms with Crippen LogP contribution in [0.1, 0.15) is 0 Å². The second-order valence-electron chi connectivity index (χ2n) is 4.34. The maximum Gasteiger partial charge on any atom is 0.263 e. The molecule has 0 bridgehead atoms. The average molecular weight is 266 g/mol. The number of methoxy groups -OCH3 is 1. The Balaban J connectivity index is 1.85. The van der Waals surface area contributed by atoms with Gasteiger partial charge in [-0.15, -0.1) is 0 Å². The zero-order valence-electron chi connectivity index (χ0n) is 10.8. The first-order valence-electron chi connectivity index (χ1n) is 6.15. The minimum atomic E-state index is -0.710. The van der Waals surface area contributed by atoms with Crippen LogP contribution in [0.3, 0.4) is 0 Å². The Morgan fingerprint density at radius 2 is 2.42 bits per heavy atom. The molecule has 6 nitrogen and oxygen atoms in total. The van der Waals surface area contributed by atoms with Crippen LogP contribution in [0.15, 0.2) is 24.3 Å². The maximum atomic E-state index is 11.9. The molecule has 19 heavy (non-hydrogen) atoms. The molecule has 0 aromatic heterocycles. The van der Waals surface area contributed by atoms with E-state index in [1.165, 1.54) is 7.11 Å². The molecule has 0 saturated carbocycles. The van der Waals surface area contributed by atoms with Crippen LogP contribution in [0.25, 0.3) is 0 Å². The summed E-state index contributed by atoms with van der Waals surface area (Å²) in [6, 6.07) is 7.45. The van der Waals surface area contributed by atoms with Gasteiger partial charge in [-0.3, -0.25) is 4.79 Å². The van der Waals surface area contributed by atoms with Crippen molar-refractivity contribution in [2.75, 3.05) is 32.1 Å². The molecular weight excluding hydrogens is 248 g/mol. The van der Waals surface area contributed by atoms with Crippen molar-refractivity contribution in [3.63, 3.8) is 0 Å². The Labute approximate surface area is 111 Å². The largest absolute Gasteiger partial charge is 0.477 e. The summed E-state index contributed by atoms with van der Waals surface area (Å²) in [6.07, 6.45) is -1.30. The van der Waals surface area contributed by atoms with E-state index in [0.29, 0.717) is 12.3 Å². The lowest BCUT2D eigenvalue weighted by molar-refractivity contribution is -0.128. The van der Waals surface area contributed by atoms with Gasteiger partial charge in [0.05, 0.1) is 24.9 Å². The lowest BCUT2D eigenvalue weighted by Crippen LogP contribution is -2.47. The molecular formula is C13H18N2O4. The number of fused-ring (bicyclic) bond motifs is 1. The van der Waals surface area contributed by atoms with Crippen LogP contribution in [0.5, 0.6) is 5.75 Å². The number of aliphatic hydroxyl groups excluding tert-OH is 1. The van der Waals surface area contributed by atoms with E-state index < -0.39 is 12.2 Å². The smallest absolute Gasteiger partial charge is 0.263 e.